The fourth-order valence-corrected chi connectivity index (χ4v) is 2.89. The molecule has 1 saturated carbocycles. The molecular weight excluding hydrogens is 306 g/mol. The lowest BCUT2D eigenvalue weighted by Gasteiger charge is -2.30. The van der Waals surface area contributed by atoms with E-state index in [0.29, 0.717) is 21.8 Å². The number of allylic oxidation sites excluding steroid dienone is 1. The van der Waals surface area contributed by atoms with Gasteiger partial charge in [-0.2, -0.15) is 0 Å². The highest BCUT2D eigenvalue weighted by molar-refractivity contribution is 7.80. The van der Waals surface area contributed by atoms with Gasteiger partial charge in [0.15, 0.2) is 5.11 Å². The van der Waals surface area contributed by atoms with E-state index in [4.69, 9.17) is 23.8 Å². The molecule has 1 atom stereocenters. The molecule has 0 saturated heterocycles. The zero-order valence-electron chi connectivity index (χ0n) is 11.6. The van der Waals surface area contributed by atoms with Crippen LogP contribution in [0.3, 0.4) is 0 Å². The minimum atomic E-state index is -0.281. The van der Waals surface area contributed by atoms with E-state index >= 15 is 0 Å². The number of thiocarbonyl (C=S) groups is 1. The Bertz CT molecular complexity index is 640. The second kappa shape index (κ2) is 5.66. The minimum absolute atomic E-state index is 0.0533. The SMILES string of the molecule is CC1=C(C(=O)NC2CC2)[C@H](c2cccc(Cl)c2)NC(=S)N1. The highest BCUT2D eigenvalue weighted by Crippen LogP contribution is 2.29. The van der Waals surface area contributed by atoms with Gasteiger partial charge in [-0.05, 0) is 49.7 Å². The van der Waals surface area contributed by atoms with Crippen LogP contribution in [0.2, 0.25) is 5.02 Å². The molecule has 1 aromatic carbocycles. The zero-order valence-corrected chi connectivity index (χ0v) is 13.1. The third-order valence-electron chi connectivity index (χ3n) is 3.61. The van der Waals surface area contributed by atoms with Crippen LogP contribution >= 0.6 is 23.8 Å². The zero-order chi connectivity index (χ0) is 15.0. The van der Waals surface area contributed by atoms with Crippen LogP contribution in [-0.2, 0) is 4.79 Å². The fourth-order valence-electron chi connectivity index (χ4n) is 2.42. The molecule has 1 aromatic rings. The number of hydrogen-bond acceptors (Lipinski definition) is 2. The smallest absolute Gasteiger partial charge is 0.251 e. The van der Waals surface area contributed by atoms with Gasteiger partial charge in [-0.15, -0.1) is 0 Å². The maximum absolute atomic E-state index is 12.5. The first-order chi connectivity index (χ1) is 10.0. The predicted molar refractivity (Wildman–Crippen MR) is 86.9 cm³/mol. The average molecular weight is 322 g/mol. The van der Waals surface area contributed by atoms with E-state index in [0.717, 1.165) is 24.1 Å². The van der Waals surface area contributed by atoms with Crippen molar-refractivity contribution >= 4 is 34.8 Å². The lowest BCUT2D eigenvalue weighted by molar-refractivity contribution is -0.118. The number of carbonyl (C=O) groups excluding carboxylic acids is 1. The number of carbonyl (C=O) groups is 1. The number of nitrogens with one attached hydrogen (secondary N) is 3. The molecule has 6 heteroatoms. The number of hydrogen-bond donors (Lipinski definition) is 3. The molecule has 1 fully saturated rings. The molecule has 3 N–H and O–H groups in total. The van der Waals surface area contributed by atoms with Gasteiger partial charge in [-0.1, -0.05) is 23.7 Å². The maximum Gasteiger partial charge on any atom is 0.251 e. The summed E-state index contributed by atoms with van der Waals surface area (Å²) in [4.78, 5) is 12.5. The van der Waals surface area contributed by atoms with E-state index in [9.17, 15) is 4.79 Å². The van der Waals surface area contributed by atoms with Crippen molar-refractivity contribution in [2.24, 2.45) is 0 Å². The fraction of sp³-hybridized carbons (Fsp3) is 0.333. The first-order valence-corrected chi connectivity index (χ1v) is 7.68. The van der Waals surface area contributed by atoms with Crippen LogP contribution < -0.4 is 16.0 Å². The third-order valence-corrected chi connectivity index (χ3v) is 4.06. The molecule has 21 heavy (non-hydrogen) atoms. The Morgan fingerprint density at radius 2 is 2.19 bits per heavy atom. The van der Waals surface area contributed by atoms with Crippen molar-refractivity contribution in [2.75, 3.05) is 0 Å². The van der Waals surface area contributed by atoms with Gasteiger partial charge in [0, 0.05) is 16.8 Å². The van der Waals surface area contributed by atoms with Crippen LogP contribution in [0.25, 0.3) is 0 Å². The molecule has 4 nitrogen and oxygen atoms in total. The van der Waals surface area contributed by atoms with Crippen molar-refractivity contribution < 1.29 is 4.79 Å². The highest BCUT2D eigenvalue weighted by atomic mass is 35.5. The Morgan fingerprint density at radius 1 is 1.43 bits per heavy atom. The normalized spacial score (nSPS) is 21.6. The Hall–Kier alpha value is -1.59. The van der Waals surface area contributed by atoms with Gasteiger partial charge in [0.2, 0.25) is 0 Å². The molecule has 1 aliphatic carbocycles. The quantitative estimate of drug-likeness (QED) is 0.748. The summed E-state index contributed by atoms with van der Waals surface area (Å²) in [5.74, 6) is -0.0533. The highest BCUT2D eigenvalue weighted by Gasteiger charge is 2.32. The first kappa shape index (κ1) is 14.4. The maximum atomic E-state index is 12.5. The summed E-state index contributed by atoms with van der Waals surface area (Å²) in [6, 6.07) is 7.50. The molecule has 0 bridgehead atoms. The summed E-state index contributed by atoms with van der Waals surface area (Å²) in [7, 11) is 0. The Morgan fingerprint density at radius 3 is 2.86 bits per heavy atom. The van der Waals surface area contributed by atoms with Crippen LogP contribution in [-0.4, -0.2) is 17.1 Å². The van der Waals surface area contributed by atoms with Gasteiger partial charge < -0.3 is 16.0 Å². The van der Waals surface area contributed by atoms with Crippen molar-refractivity contribution in [1.82, 2.24) is 16.0 Å². The second-order valence-corrected chi connectivity index (χ2v) is 6.22. The monoisotopic (exact) mass is 321 g/mol. The lowest BCUT2D eigenvalue weighted by Crippen LogP contribution is -2.47. The van der Waals surface area contributed by atoms with Crippen LogP contribution in [0.5, 0.6) is 0 Å². The molecular formula is C15H16ClN3OS. The van der Waals surface area contributed by atoms with E-state index in [2.05, 4.69) is 16.0 Å². The summed E-state index contributed by atoms with van der Waals surface area (Å²) in [6.07, 6.45) is 2.11. The number of amides is 1. The molecule has 0 spiro atoms. The van der Waals surface area contributed by atoms with E-state index in [1.807, 2.05) is 31.2 Å². The molecule has 0 unspecified atom stereocenters. The molecule has 3 rings (SSSR count). The summed E-state index contributed by atoms with van der Waals surface area (Å²) in [5, 5.41) is 10.4. The molecule has 110 valence electrons. The first-order valence-electron chi connectivity index (χ1n) is 6.89. The predicted octanol–water partition coefficient (Wildman–Crippen LogP) is 2.41. The third kappa shape index (κ3) is 3.19. The Balaban J connectivity index is 1.96. The molecule has 1 aliphatic heterocycles. The van der Waals surface area contributed by atoms with Crippen molar-refractivity contribution in [3.63, 3.8) is 0 Å². The van der Waals surface area contributed by atoms with Gasteiger partial charge in [0.1, 0.15) is 0 Å². The van der Waals surface area contributed by atoms with Gasteiger partial charge in [-0.25, -0.2) is 0 Å². The molecule has 0 aromatic heterocycles. The van der Waals surface area contributed by atoms with Gasteiger partial charge >= 0.3 is 0 Å². The Labute approximate surface area is 133 Å². The van der Waals surface area contributed by atoms with Crippen LogP contribution in [0.15, 0.2) is 35.5 Å². The van der Waals surface area contributed by atoms with E-state index in [1.165, 1.54) is 0 Å². The van der Waals surface area contributed by atoms with E-state index < -0.39 is 0 Å². The number of benzene rings is 1. The topological polar surface area (TPSA) is 53.2 Å². The standard InChI is InChI=1S/C15H16ClN3OS/c1-8-12(14(20)18-11-5-6-11)13(19-15(21)17-8)9-3-2-4-10(16)7-9/h2-4,7,11,13H,5-6H2,1H3,(H,18,20)(H2,17,19,21)/t13-/m0/s1. The van der Waals surface area contributed by atoms with Gasteiger partial charge in [0.05, 0.1) is 11.6 Å². The molecule has 0 radical (unpaired) electrons. The molecule has 2 aliphatic rings. The van der Waals surface area contributed by atoms with Crippen LogP contribution in [0.1, 0.15) is 31.4 Å². The summed E-state index contributed by atoms with van der Waals surface area (Å²) < 4.78 is 0. The summed E-state index contributed by atoms with van der Waals surface area (Å²) >= 11 is 11.3. The van der Waals surface area contributed by atoms with Crippen LogP contribution in [0.4, 0.5) is 0 Å². The summed E-state index contributed by atoms with van der Waals surface area (Å²) in [6.45, 7) is 1.87. The van der Waals surface area contributed by atoms with E-state index in [1.54, 1.807) is 0 Å². The number of halogens is 1. The van der Waals surface area contributed by atoms with Gasteiger partial charge in [-0.3, -0.25) is 4.79 Å². The largest absolute Gasteiger partial charge is 0.351 e. The Kier molecular flexibility index (Phi) is 3.87. The second-order valence-electron chi connectivity index (χ2n) is 5.37. The minimum Gasteiger partial charge on any atom is -0.351 e. The van der Waals surface area contributed by atoms with Crippen molar-refractivity contribution in [3.05, 3.63) is 46.1 Å². The number of rotatable bonds is 3. The molecule has 1 amide bonds. The molecule has 1 heterocycles. The summed E-state index contributed by atoms with van der Waals surface area (Å²) in [5.41, 5.74) is 2.37. The van der Waals surface area contributed by atoms with Crippen molar-refractivity contribution in [2.45, 2.75) is 31.8 Å². The van der Waals surface area contributed by atoms with Crippen molar-refractivity contribution in [1.29, 1.82) is 0 Å². The van der Waals surface area contributed by atoms with Crippen LogP contribution in [0, 0.1) is 0 Å². The average Bonchev–Trinajstić information content (AvgIpc) is 3.21. The van der Waals surface area contributed by atoms with Crippen molar-refractivity contribution in [3.8, 4) is 0 Å². The van der Waals surface area contributed by atoms with Gasteiger partial charge in [0.25, 0.3) is 5.91 Å². The van der Waals surface area contributed by atoms with E-state index in [-0.39, 0.29) is 11.9 Å². The lowest BCUT2D eigenvalue weighted by atomic mass is 9.95.